The second kappa shape index (κ2) is 6.81. The van der Waals surface area contributed by atoms with E-state index in [2.05, 4.69) is 23.7 Å². The van der Waals surface area contributed by atoms with Gasteiger partial charge in [0.25, 0.3) is 5.91 Å². The molecular formula is C16H19N2O3S+. The zero-order valence-corrected chi connectivity index (χ0v) is 13.2. The van der Waals surface area contributed by atoms with Gasteiger partial charge in [-0.25, -0.2) is 0 Å². The lowest BCUT2D eigenvalue weighted by atomic mass is 10.2. The second-order valence-electron chi connectivity index (χ2n) is 5.15. The molecule has 2 aromatic rings. The summed E-state index contributed by atoms with van der Waals surface area (Å²) >= 11 is 1.73. The van der Waals surface area contributed by atoms with Crippen molar-refractivity contribution >= 4 is 22.9 Å². The van der Waals surface area contributed by atoms with E-state index in [0.29, 0.717) is 12.3 Å². The zero-order valence-electron chi connectivity index (χ0n) is 12.4. The maximum Gasteiger partial charge on any atom is 0.279 e. The third-order valence-corrected chi connectivity index (χ3v) is 4.45. The lowest BCUT2D eigenvalue weighted by molar-refractivity contribution is -0.903. The molecule has 0 radical (unpaired) electrons. The number of fused-ring (bicyclic) bond motifs is 1. The Morgan fingerprint density at radius 2 is 2.18 bits per heavy atom. The first-order chi connectivity index (χ1) is 10.7. The van der Waals surface area contributed by atoms with Crippen LogP contribution >= 0.6 is 11.3 Å². The molecule has 1 aromatic heterocycles. The van der Waals surface area contributed by atoms with Crippen molar-refractivity contribution in [3.8, 4) is 11.5 Å². The van der Waals surface area contributed by atoms with Crippen molar-refractivity contribution in [2.45, 2.75) is 13.5 Å². The fourth-order valence-electron chi connectivity index (χ4n) is 2.38. The van der Waals surface area contributed by atoms with E-state index in [-0.39, 0.29) is 12.7 Å². The van der Waals surface area contributed by atoms with E-state index >= 15 is 0 Å². The lowest BCUT2D eigenvalue weighted by Crippen LogP contribution is -3.11. The van der Waals surface area contributed by atoms with E-state index in [0.717, 1.165) is 24.5 Å². The first kappa shape index (κ1) is 14.9. The molecule has 22 heavy (non-hydrogen) atoms. The predicted octanol–water partition coefficient (Wildman–Crippen LogP) is 1.52. The molecule has 1 amide bonds. The van der Waals surface area contributed by atoms with Crippen molar-refractivity contribution < 1.29 is 19.2 Å². The summed E-state index contributed by atoms with van der Waals surface area (Å²) in [6, 6.07) is 9.59. The molecule has 3 rings (SSSR count). The number of ether oxygens (including phenoxy) is 2. The lowest BCUT2D eigenvalue weighted by Gasteiger charge is -2.16. The monoisotopic (exact) mass is 319 g/mol. The second-order valence-corrected chi connectivity index (χ2v) is 6.18. The topological polar surface area (TPSA) is 52.0 Å². The van der Waals surface area contributed by atoms with E-state index in [9.17, 15) is 4.79 Å². The standard InChI is InChI=1S/C16H18N2O3S/c1-2-18(9-13-4-3-7-22-13)10-16(19)17-12-5-6-14-15(8-12)21-11-20-14/h3-8H,2,9-11H2,1H3,(H,17,19)/p+1. The number of amides is 1. The average Bonchev–Trinajstić information content (AvgIpc) is 3.17. The van der Waals surface area contributed by atoms with Crippen LogP contribution in [0, 0.1) is 0 Å². The van der Waals surface area contributed by atoms with Crippen LogP contribution in [-0.2, 0) is 11.3 Å². The number of carbonyl (C=O) groups excluding carboxylic acids is 1. The number of thiophene rings is 1. The van der Waals surface area contributed by atoms with Gasteiger partial charge in [0, 0.05) is 11.8 Å². The highest BCUT2D eigenvalue weighted by Gasteiger charge is 2.17. The number of anilines is 1. The van der Waals surface area contributed by atoms with Gasteiger partial charge in [-0.3, -0.25) is 4.79 Å². The molecule has 2 heterocycles. The molecule has 1 aliphatic rings. The molecule has 1 atom stereocenters. The highest BCUT2D eigenvalue weighted by molar-refractivity contribution is 7.09. The van der Waals surface area contributed by atoms with Gasteiger partial charge in [0.15, 0.2) is 18.0 Å². The van der Waals surface area contributed by atoms with Crippen LogP contribution in [-0.4, -0.2) is 25.8 Å². The molecule has 6 heteroatoms. The number of nitrogens with one attached hydrogen (secondary N) is 2. The van der Waals surface area contributed by atoms with Crippen LogP contribution in [0.25, 0.3) is 0 Å². The predicted molar refractivity (Wildman–Crippen MR) is 85.6 cm³/mol. The van der Waals surface area contributed by atoms with E-state index in [1.807, 2.05) is 18.2 Å². The van der Waals surface area contributed by atoms with Gasteiger partial charge in [0.05, 0.1) is 11.4 Å². The van der Waals surface area contributed by atoms with E-state index in [1.54, 1.807) is 17.4 Å². The minimum Gasteiger partial charge on any atom is -0.454 e. The van der Waals surface area contributed by atoms with Crippen LogP contribution in [0.1, 0.15) is 11.8 Å². The van der Waals surface area contributed by atoms with Gasteiger partial charge >= 0.3 is 0 Å². The third kappa shape index (κ3) is 3.58. The minimum atomic E-state index is 0.00673. The summed E-state index contributed by atoms with van der Waals surface area (Å²) < 4.78 is 10.6. The van der Waals surface area contributed by atoms with E-state index < -0.39 is 0 Å². The third-order valence-electron chi connectivity index (χ3n) is 3.57. The summed E-state index contributed by atoms with van der Waals surface area (Å²) in [5, 5.41) is 4.99. The van der Waals surface area contributed by atoms with Crippen molar-refractivity contribution in [2.75, 3.05) is 25.2 Å². The van der Waals surface area contributed by atoms with Crippen LogP contribution in [0.5, 0.6) is 11.5 Å². The van der Waals surface area contributed by atoms with Gasteiger partial charge in [-0.2, -0.15) is 0 Å². The summed E-state index contributed by atoms with van der Waals surface area (Å²) in [5.74, 6) is 1.40. The molecule has 0 aliphatic carbocycles. The van der Waals surface area contributed by atoms with Gasteiger partial charge in [-0.05, 0) is 30.5 Å². The molecule has 0 spiro atoms. The molecule has 2 N–H and O–H groups in total. The fraction of sp³-hybridized carbons (Fsp3) is 0.312. The Kier molecular flexibility index (Phi) is 4.60. The van der Waals surface area contributed by atoms with Crippen molar-refractivity contribution in [2.24, 2.45) is 0 Å². The van der Waals surface area contributed by atoms with Crippen LogP contribution in [0.15, 0.2) is 35.7 Å². The van der Waals surface area contributed by atoms with Crippen LogP contribution < -0.4 is 19.7 Å². The number of hydrogen-bond donors (Lipinski definition) is 2. The molecule has 1 aliphatic heterocycles. The van der Waals surface area contributed by atoms with Crippen LogP contribution in [0.2, 0.25) is 0 Å². The van der Waals surface area contributed by atoms with Crippen molar-refractivity contribution in [1.82, 2.24) is 0 Å². The Morgan fingerprint density at radius 1 is 1.32 bits per heavy atom. The first-order valence-corrected chi connectivity index (χ1v) is 8.18. The SMILES string of the molecule is CC[NH+](CC(=O)Nc1ccc2c(c1)OCO2)Cc1cccs1. The summed E-state index contributed by atoms with van der Waals surface area (Å²) in [4.78, 5) is 14.7. The fourth-order valence-corrected chi connectivity index (χ4v) is 3.16. The Labute approximate surface area is 133 Å². The summed E-state index contributed by atoms with van der Waals surface area (Å²) in [6.07, 6.45) is 0. The molecule has 5 nitrogen and oxygen atoms in total. The van der Waals surface area contributed by atoms with Gasteiger partial charge < -0.3 is 19.7 Å². The van der Waals surface area contributed by atoms with Crippen LogP contribution in [0.4, 0.5) is 5.69 Å². The van der Waals surface area contributed by atoms with Gasteiger partial charge in [-0.15, -0.1) is 11.3 Å². The smallest absolute Gasteiger partial charge is 0.279 e. The average molecular weight is 319 g/mol. The molecule has 0 saturated heterocycles. The summed E-state index contributed by atoms with van der Waals surface area (Å²) in [7, 11) is 0. The van der Waals surface area contributed by atoms with Gasteiger partial charge in [0.2, 0.25) is 6.79 Å². The Morgan fingerprint density at radius 3 is 2.95 bits per heavy atom. The molecule has 116 valence electrons. The van der Waals surface area contributed by atoms with Crippen molar-refractivity contribution in [3.05, 3.63) is 40.6 Å². The highest BCUT2D eigenvalue weighted by atomic mass is 32.1. The maximum atomic E-state index is 12.2. The maximum absolute atomic E-state index is 12.2. The molecule has 1 aromatic carbocycles. The van der Waals surface area contributed by atoms with Crippen LogP contribution in [0.3, 0.4) is 0 Å². The van der Waals surface area contributed by atoms with Crippen molar-refractivity contribution in [1.29, 1.82) is 0 Å². The first-order valence-electron chi connectivity index (χ1n) is 7.30. The van der Waals surface area contributed by atoms with Gasteiger partial charge in [0.1, 0.15) is 6.54 Å². The number of likely N-dealkylation sites (N-methyl/N-ethyl adjacent to an activating group) is 1. The van der Waals surface area contributed by atoms with Gasteiger partial charge in [-0.1, -0.05) is 6.07 Å². The molecule has 1 unspecified atom stereocenters. The Bertz CT molecular complexity index is 643. The number of rotatable bonds is 6. The highest BCUT2D eigenvalue weighted by Crippen LogP contribution is 2.34. The van der Waals surface area contributed by atoms with E-state index in [4.69, 9.17) is 9.47 Å². The molecule has 0 bridgehead atoms. The Hall–Kier alpha value is -2.05. The summed E-state index contributed by atoms with van der Waals surface area (Å²) in [6.45, 7) is 4.57. The zero-order chi connectivity index (χ0) is 15.4. The molecule has 0 fully saturated rings. The summed E-state index contributed by atoms with van der Waals surface area (Å²) in [5.41, 5.74) is 0.737. The molecular weight excluding hydrogens is 300 g/mol. The largest absolute Gasteiger partial charge is 0.454 e. The molecule has 0 saturated carbocycles. The number of hydrogen-bond acceptors (Lipinski definition) is 4. The Balaban J connectivity index is 1.57. The quantitative estimate of drug-likeness (QED) is 0.849. The normalized spacial score (nSPS) is 13.9. The number of benzene rings is 1. The minimum absolute atomic E-state index is 0.00673. The number of carbonyl (C=O) groups is 1. The van der Waals surface area contributed by atoms with Crippen molar-refractivity contribution in [3.63, 3.8) is 0 Å². The van der Waals surface area contributed by atoms with E-state index in [1.165, 1.54) is 9.78 Å². The number of quaternary nitrogens is 1.